The summed E-state index contributed by atoms with van der Waals surface area (Å²) in [4.78, 5) is 6.46. The topological polar surface area (TPSA) is 41.3 Å². The smallest absolute Gasteiger partial charge is 0.174 e. The van der Waals surface area contributed by atoms with Crippen LogP contribution in [0.4, 0.5) is 5.69 Å². The number of aryl methyl sites for hydroxylation is 2. The van der Waals surface area contributed by atoms with Gasteiger partial charge in [0.2, 0.25) is 0 Å². The molecule has 0 aliphatic rings. The van der Waals surface area contributed by atoms with Gasteiger partial charge in [-0.25, -0.2) is 0 Å². The Balaban J connectivity index is 1.78. The predicted molar refractivity (Wildman–Crippen MR) is 104 cm³/mol. The van der Waals surface area contributed by atoms with Gasteiger partial charge in [-0.2, -0.15) is 0 Å². The number of nitrogens with one attached hydrogen (secondary N) is 1. The van der Waals surface area contributed by atoms with E-state index in [0.29, 0.717) is 18.2 Å². The second-order valence-electron chi connectivity index (χ2n) is 6.06. The molecule has 3 rings (SSSR count). The number of hydrogen-bond donors (Lipinski definition) is 1. The summed E-state index contributed by atoms with van der Waals surface area (Å²) in [5.74, 6) is 0.862. The van der Waals surface area contributed by atoms with Gasteiger partial charge in [-0.05, 0) is 73.6 Å². The van der Waals surface area contributed by atoms with Gasteiger partial charge in [0.15, 0.2) is 5.11 Å². The zero-order chi connectivity index (χ0) is 17.6. The first-order chi connectivity index (χ1) is 12.1. The van der Waals surface area contributed by atoms with Crippen LogP contribution < -0.4 is 5.32 Å². The first-order valence-corrected chi connectivity index (χ1v) is 8.57. The number of anilines is 1. The maximum Gasteiger partial charge on any atom is 0.174 e. The van der Waals surface area contributed by atoms with E-state index in [1.54, 1.807) is 12.5 Å². The number of benzene rings is 1. The average Bonchev–Trinajstić information content (AvgIpc) is 3.07. The molecular weight excluding hydrogens is 330 g/mol. The van der Waals surface area contributed by atoms with Gasteiger partial charge in [0.25, 0.3) is 0 Å². The third-order valence-corrected chi connectivity index (χ3v) is 4.13. The summed E-state index contributed by atoms with van der Waals surface area (Å²) in [6.07, 6.45) is 3.47. The van der Waals surface area contributed by atoms with Crippen LogP contribution in [0.5, 0.6) is 0 Å². The van der Waals surface area contributed by atoms with Crippen LogP contribution in [0.3, 0.4) is 0 Å². The van der Waals surface area contributed by atoms with E-state index in [9.17, 15) is 0 Å². The highest BCUT2D eigenvalue weighted by atomic mass is 32.1. The summed E-state index contributed by atoms with van der Waals surface area (Å²) in [7, 11) is 0. The Kier molecular flexibility index (Phi) is 5.46. The molecule has 0 aliphatic carbocycles. The molecule has 3 aromatic rings. The second-order valence-corrected chi connectivity index (χ2v) is 6.45. The van der Waals surface area contributed by atoms with Crippen LogP contribution in [-0.2, 0) is 13.1 Å². The molecule has 0 amide bonds. The Morgan fingerprint density at radius 1 is 1.08 bits per heavy atom. The van der Waals surface area contributed by atoms with Gasteiger partial charge >= 0.3 is 0 Å². The number of thiocarbonyl (C=S) groups is 1. The Hall–Kier alpha value is -2.66. The van der Waals surface area contributed by atoms with Crippen molar-refractivity contribution in [2.45, 2.75) is 26.9 Å². The van der Waals surface area contributed by atoms with Gasteiger partial charge in [0.05, 0.1) is 25.0 Å². The number of hydrogen-bond acceptors (Lipinski definition) is 3. The largest absolute Gasteiger partial charge is 0.467 e. The standard InChI is InChI=1S/C20H21N3OS/c1-15-10-16(2)12-18(11-15)22-20(25)23(14-19-7-5-9-24-19)13-17-6-3-4-8-21-17/h3-12H,13-14H2,1-2H3,(H,22,25). The number of rotatable bonds is 5. The van der Waals surface area contributed by atoms with Crippen molar-refractivity contribution in [1.29, 1.82) is 0 Å². The zero-order valence-corrected chi connectivity index (χ0v) is 15.2. The van der Waals surface area contributed by atoms with Crippen LogP contribution >= 0.6 is 12.2 Å². The molecule has 0 radical (unpaired) electrons. The molecule has 0 atom stereocenters. The highest BCUT2D eigenvalue weighted by molar-refractivity contribution is 7.80. The summed E-state index contributed by atoms with van der Waals surface area (Å²) in [6.45, 7) is 5.35. The molecule has 0 spiro atoms. The normalized spacial score (nSPS) is 10.5. The number of furan rings is 1. The number of aromatic nitrogens is 1. The minimum atomic E-state index is 0.584. The van der Waals surface area contributed by atoms with Crippen molar-refractivity contribution < 1.29 is 4.42 Å². The first kappa shape index (κ1) is 17.2. The molecule has 0 aliphatic heterocycles. The average molecular weight is 351 g/mol. The van der Waals surface area contributed by atoms with Crippen molar-refractivity contribution in [2.24, 2.45) is 0 Å². The molecule has 0 fully saturated rings. The lowest BCUT2D eigenvalue weighted by molar-refractivity contribution is 0.357. The lowest BCUT2D eigenvalue weighted by Gasteiger charge is -2.25. The fraction of sp³-hybridized carbons (Fsp3) is 0.200. The molecule has 128 valence electrons. The van der Waals surface area contributed by atoms with Gasteiger partial charge in [0, 0.05) is 11.9 Å². The third-order valence-electron chi connectivity index (χ3n) is 3.77. The van der Waals surface area contributed by atoms with Crippen molar-refractivity contribution in [1.82, 2.24) is 9.88 Å². The highest BCUT2D eigenvalue weighted by Gasteiger charge is 2.14. The Morgan fingerprint density at radius 2 is 1.88 bits per heavy atom. The monoisotopic (exact) mass is 351 g/mol. The van der Waals surface area contributed by atoms with Crippen LogP contribution in [0.15, 0.2) is 65.4 Å². The third kappa shape index (κ3) is 4.90. The van der Waals surface area contributed by atoms with E-state index in [1.165, 1.54) is 11.1 Å². The van der Waals surface area contributed by atoms with Gasteiger partial charge in [0.1, 0.15) is 5.76 Å². The fourth-order valence-electron chi connectivity index (χ4n) is 2.73. The van der Waals surface area contributed by atoms with E-state index in [4.69, 9.17) is 16.6 Å². The summed E-state index contributed by atoms with van der Waals surface area (Å²) >= 11 is 5.66. The highest BCUT2D eigenvalue weighted by Crippen LogP contribution is 2.16. The molecule has 5 heteroatoms. The molecule has 1 aromatic carbocycles. The molecule has 0 saturated carbocycles. The predicted octanol–water partition coefficient (Wildman–Crippen LogP) is 4.69. The van der Waals surface area contributed by atoms with Crippen molar-refractivity contribution >= 4 is 23.0 Å². The molecule has 2 aromatic heterocycles. The molecule has 0 bridgehead atoms. The maximum absolute atomic E-state index is 5.66. The Labute approximate surface area is 153 Å². The molecular formula is C20H21N3OS. The van der Waals surface area contributed by atoms with Crippen molar-refractivity contribution in [3.8, 4) is 0 Å². The molecule has 2 heterocycles. The lowest BCUT2D eigenvalue weighted by Crippen LogP contribution is -2.34. The van der Waals surface area contributed by atoms with Crippen molar-refractivity contribution in [2.75, 3.05) is 5.32 Å². The zero-order valence-electron chi connectivity index (χ0n) is 14.4. The molecule has 4 nitrogen and oxygen atoms in total. The first-order valence-electron chi connectivity index (χ1n) is 8.16. The second kappa shape index (κ2) is 7.94. The van der Waals surface area contributed by atoms with E-state index in [0.717, 1.165) is 17.1 Å². The summed E-state index contributed by atoms with van der Waals surface area (Å²) in [5, 5.41) is 3.99. The summed E-state index contributed by atoms with van der Waals surface area (Å²) in [5.41, 5.74) is 4.35. The summed E-state index contributed by atoms with van der Waals surface area (Å²) in [6, 6.07) is 16.0. The van der Waals surface area contributed by atoms with Crippen LogP contribution in [-0.4, -0.2) is 15.0 Å². The SMILES string of the molecule is Cc1cc(C)cc(NC(=S)N(Cc2ccccn2)Cc2ccco2)c1. The minimum absolute atomic E-state index is 0.584. The number of nitrogens with zero attached hydrogens (tertiary/aromatic N) is 2. The van der Waals surface area contributed by atoms with E-state index >= 15 is 0 Å². The quantitative estimate of drug-likeness (QED) is 0.675. The molecule has 0 saturated heterocycles. The number of pyridine rings is 1. The Bertz CT molecular complexity index is 811. The maximum atomic E-state index is 5.66. The minimum Gasteiger partial charge on any atom is -0.467 e. The van der Waals surface area contributed by atoms with Crippen molar-refractivity contribution in [3.63, 3.8) is 0 Å². The van der Waals surface area contributed by atoms with E-state index in [2.05, 4.69) is 42.3 Å². The lowest BCUT2D eigenvalue weighted by atomic mass is 10.1. The van der Waals surface area contributed by atoms with Gasteiger partial charge in [-0.15, -0.1) is 0 Å². The van der Waals surface area contributed by atoms with E-state index in [1.807, 2.05) is 35.2 Å². The summed E-state index contributed by atoms with van der Waals surface area (Å²) < 4.78 is 5.49. The molecule has 0 unspecified atom stereocenters. The Morgan fingerprint density at radius 3 is 2.52 bits per heavy atom. The molecule has 25 heavy (non-hydrogen) atoms. The van der Waals surface area contributed by atoms with Crippen LogP contribution in [0.1, 0.15) is 22.6 Å². The van der Waals surface area contributed by atoms with Crippen LogP contribution in [0.25, 0.3) is 0 Å². The van der Waals surface area contributed by atoms with Crippen LogP contribution in [0, 0.1) is 13.8 Å². The van der Waals surface area contributed by atoms with Gasteiger partial charge < -0.3 is 14.6 Å². The van der Waals surface area contributed by atoms with E-state index in [-0.39, 0.29) is 0 Å². The van der Waals surface area contributed by atoms with Crippen molar-refractivity contribution in [3.05, 3.63) is 83.6 Å². The van der Waals surface area contributed by atoms with E-state index < -0.39 is 0 Å². The van der Waals surface area contributed by atoms with Gasteiger partial charge in [-0.1, -0.05) is 12.1 Å². The van der Waals surface area contributed by atoms with Gasteiger partial charge in [-0.3, -0.25) is 4.98 Å². The fourth-order valence-corrected chi connectivity index (χ4v) is 2.97. The van der Waals surface area contributed by atoms with Crippen LogP contribution in [0.2, 0.25) is 0 Å². The molecule has 1 N–H and O–H groups in total.